The average molecular weight is 252 g/mol. The van der Waals surface area contributed by atoms with Crippen LogP contribution in [0.2, 0.25) is 0 Å². The van der Waals surface area contributed by atoms with Gasteiger partial charge < -0.3 is 0 Å². The molecule has 0 radical (unpaired) electrons. The summed E-state index contributed by atoms with van der Waals surface area (Å²) < 4.78 is 0. The van der Waals surface area contributed by atoms with Crippen LogP contribution in [0.4, 0.5) is 0 Å². The van der Waals surface area contributed by atoms with Gasteiger partial charge in [0.05, 0.1) is 0 Å². The summed E-state index contributed by atoms with van der Waals surface area (Å²) in [4.78, 5) is 12.1. The van der Waals surface area contributed by atoms with E-state index in [-0.39, 0.29) is 5.78 Å². The lowest BCUT2D eigenvalue weighted by molar-refractivity contribution is 0.0983. The first-order valence-electron chi connectivity index (χ1n) is 6.71. The van der Waals surface area contributed by atoms with Gasteiger partial charge in [-0.25, -0.2) is 0 Å². The number of Topliss-reactive ketones (excluding diaryl/α,β-unsaturated/α-hetero) is 1. The van der Waals surface area contributed by atoms with Crippen molar-refractivity contribution in [2.75, 3.05) is 0 Å². The van der Waals surface area contributed by atoms with Gasteiger partial charge in [-0.3, -0.25) is 4.79 Å². The third kappa shape index (κ3) is 3.78. The standard InChI is InChI=1S/C18H20O/c1-13-4-7-17(8-5-13)18(19)9-6-16-11-14(2)10-15(3)12-16/h4-5,7-8,10-12H,6,9H2,1-3H3. The van der Waals surface area contributed by atoms with E-state index in [9.17, 15) is 4.79 Å². The first kappa shape index (κ1) is 13.5. The molecule has 0 fully saturated rings. The summed E-state index contributed by atoms with van der Waals surface area (Å²) in [5.74, 6) is 0.221. The van der Waals surface area contributed by atoms with Gasteiger partial charge in [-0.05, 0) is 32.8 Å². The summed E-state index contributed by atoms with van der Waals surface area (Å²) in [7, 11) is 0. The molecule has 0 unspecified atom stereocenters. The molecule has 0 saturated heterocycles. The van der Waals surface area contributed by atoms with Crippen LogP contribution in [-0.2, 0) is 6.42 Å². The van der Waals surface area contributed by atoms with Crippen LogP contribution in [0.1, 0.15) is 39.0 Å². The highest BCUT2D eigenvalue weighted by molar-refractivity contribution is 5.96. The Hall–Kier alpha value is -1.89. The average Bonchev–Trinajstić information content (AvgIpc) is 2.36. The van der Waals surface area contributed by atoms with Crippen molar-refractivity contribution in [2.24, 2.45) is 0 Å². The predicted octanol–water partition coefficient (Wildman–Crippen LogP) is 4.43. The monoisotopic (exact) mass is 252 g/mol. The van der Waals surface area contributed by atoms with Gasteiger partial charge in [-0.2, -0.15) is 0 Å². The van der Waals surface area contributed by atoms with Gasteiger partial charge in [0.1, 0.15) is 0 Å². The molecule has 0 aliphatic heterocycles. The maximum Gasteiger partial charge on any atom is 0.163 e. The van der Waals surface area contributed by atoms with Crippen molar-refractivity contribution < 1.29 is 4.79 Å². The van der Waals surface area contributed by atoms with E-state index in [1.165, 1.54) is 22.3 Å². The smallest absolute Gasteiger partial charge is 0.163 e. The largest absolute Gasteiger partial charge is 0.294 e. The molecule has 2 aromatic rings. The van der Waals surface area contributed by atoms with E-state index in [0.29, 0.717) is 6.42 Å². The number of aryl methyl sites for hydroxylation is 4. The van der Waals surface area contributed by atoms with Crippen LogP contribution < -0.4 is 0 Å². The fourth-order valence-corrected chi connectivity index (χ4v) is 2.35. The second-order valence-corrected chi connectivity index (χ2v) is 5.29. The van der Waals surface area contributed by atoms with Crippen LogP contribution in [0, 0.1) is 20.8 Å². The minimum absolute atomic E-state index is 0.221. The summed E-state index contributed by atoms with van der Waals surface area (Å²) in [5, 5.41) is 0. The lowest BCUT2D eigenvalue weighted by atomic mass is 9.99. The van der Waals surface area contributed by atoms with Crippen LogP contribution in [0.25, 0.3) is 0 Å². The number of rotatable bonds is 4. The molecule has 0 aliphatic rings. The van der Waals surface area contributed by atoms with Crippen LogP contribution in [0.3, 0.4) is 0 Å². The molecular weight excluding hydrogens is 232 g/mol. The lowest BCUT2D eigenvalue weighted by Crippen LogP contribution is -2.01. The molecule has 0 bridgehead atoms. The number of hydrogen-bond acceptors (Lipinski definition) is 1. The van der Waals surface area contributed by atoms with E-state index in [0.717, 1.165) is 12.0 Å². The first-order valence-corrected chi connectivity index (χ1v) is 6.71. The van der Waals surface area contributed by atoms with Crippen LogP contribution in [0.15, 0.2) is 42.5 Å². The van der Waals surface area contributed by atoms with Crippen molar-refractivity contribution in [1.82, 2.24) is 0 Å². The maximum atomic E-state index is 12.1. The van der Waals surface area contributed by atoms with Crippen LogP contribution in [-0.4, -0.2) is 5.78 Å². The lowest BCUT2D eigenvalue weighted by Gasteiger charge is -2.05. The molecule has 0 N–H and O–H groups in total. The zero-order chi connectivity index (χ0) is 13.8. The second-order valence-electron chi connectivity index (χ2n) is 5.29. The summed E-state index contributed by atoms with van der Waals surface area (Å²) in [6.45, 7) is 6.22. The van der Waals surface area contributed by atoms with Gasteiger partial charge in [-0.1, -0.05) is 59.2 Å². The van der Waals surface area contributed by atoms with Gasteiger partial charge in [-0.15, -0.1) is 0 Å². The number of benzene rings is 2. The Bertz CT molecular complexity index is 559. The highest BCUT2D eigenvalue weighted by Crippen LogP contribution is 2.13. The van der Waals surface area contributed by atoms with E-state index in [1.54, 1.807) is 0 Å². The Morgan fingerprint density at radius 3 is 2.00 bits per heavy atom. The van der Waals surface area contributed by atoms with Gasteiger partial charge in [0.2, 0.25) is 0 Å². The van der Waals surface area contributed by atoms with Crippen LogP contribution >= 0.6 is 0 Å². The van der Waals surface area contributed by atoms with E-state index in [4.69, 9.17) is 0 Å². The Morgan fingerprint density at radius 2 is 1.42 bits per heavy atom. The zero-order valence-corrected chi connectivity index (χ0v) is 11.9. The maximum absolute atomic E-state index is 12.1. The van der Waals surface area contributed by atoms with E-state index in [2.05, 4.69) is 32.0 Å². The zero-order valence-electron chi connectivity index (χ0n) is 11.9. The van der Waals surface area contributed by atoms with E-state index >= 15 is 0 Å². The molecule has 0 spiro atoms. The molecular formula is C18H20O. The fraction of sp³-hybridized carbons (Fsp3) is 0.278. The topological polar surface area (TPSA) is 17.1 Å². The Labute approximate surface area is 115 Å². The SMILES string of the molecule is Cc1ccc(C(=O)CCc2cc(C)cc(C)c2)cc1. The molecule has 0 aromatic heterocycles. The minimum Gasteiger partial charge on any atom is -0.294 e. The van der Waals surface area contributed by atoms with Crippen molar-refractivity contribution in [3.8, 4) is 0 Å². The van der Waals surface area contributed by atoms with Crippen molar-refractivity contribution in [3.05, 3.63) is 70.3 Å². The molecule has 0 atom stereocenters. The van der Waals surface area contributed by atoms with Crippen molar-refractivity contribution in [2.45, 2.75) is 33.6 Å². The number of hydrogen-bond donors (Lipinski definition) is 0. The minimum atomic E-state index is 0.221. The molecule has 0 heterocycles. The Balaban J connectivity index is 2.02. The van der Waals surface area contributed by atoms with Gasteiger partial charge in [0.15, 0.2) is 5.78 Å². The number of ketones is 1. The van der Waals surface area contributed by atoms with E-state index < -0.39 is 0 Å². The van der Waals surface area contributed by atoms with Gasteiger partial charge >= 0.3 is 0 Å². The molecule has 0 saturated carbocycles. The normalized spacial score (nSPS) is 10.5. The Kier molecular flexibility index (Phi) is 4.16. The van der Waals surface area contributed by atoms with Crippen molar-refractivity contribution in [3.63, 3.8) is 0 Å². The second kappa shape index (κ2) is 5.83. The molecule has 1 nitrogen and oxygen atoms in total. The van der Waals surface area contributed by atoms with Crippen LogP contribution in [0.5, 0.6) is 0 Å². The first-order chi connectivity index (χ1) is 9.04. The van der Waals surface area contributed by atoms with E-state index in [1.807, 2.05) is 31.2 Å². The summed E-state index contributed by atoms with van der Waals surface area (Å²) in [6.07, 6.45) is 1.39. The summed E-state index contributed by atoms with van der Waals surface area (Å²) in [6, 6.07) is 14.3. The number of carbonyl (C=O) groups excluding carboxylic acids is 1. The molecule has 1 heteroatoms. The molecule has 98 valence electrons. The summed E-state index contributed by atoms with van der Waals surface area (Å²) >= 11 is 0. The molecule has 0 amide bonds. The van der Waals surface area contributed by atoms with Crippen molar-refractivity contribution >= 4 is 5.78 Å². The predicted molar refractivity (Wildman–Crippen MR) is 79.7 cm³/mol. The van der Waals surface area contributed by atoms with Gasteiger partial charge in [0, 0.05) is 12.0 Å². The highest BCUT2D eigenvalue weighted by Gasteiger charge is 2.06. The highest BCUT2D eigenvalue weighted by atomic mass is 16.1. The molecule has 2 rings (SSSR count). The molecule has 0 aliphatic carbocycles. The third-order valence-corrected chi connectivity index (χ3v) is 3.30. The molecule has 2 aromatic carbocycles. The van der Waals surface area contributed by atoms with Crippen molar-refractivity contribution in [1.29, 1.82) is 0 Å². The third-order valence-electron chi connectivity index (χ3n) is 3.30. The van der Waals surface area contributed by atoms with Gasteiger partial charge in [0.25, 0.3) is 0 Å². The summed E-state index contributed by atoms with van der Waals surface area (Å²) in [5.41, 5.74) is 5.77. The number of carbonyl (C=O) groups is 1. The Morgan fingerprint density at radius 1 is 0.842 bits per heavy atom. The molecule has 19 heavy (non-hydrogen) atoms. The fourth-order valence-electron chi connectivity index (χ4n) is 2.35. The quantitative estimate of drug-likeness (QED) is 0.736.